The second-order valence-electron chi connectivity index (χ2n) is 8.95. The molecule has 1 aliphatic heterocycles. The van der Waals surface area contributed by atoms with Gasteiger partial charge in [-0.1, -0.05) is 53.9 Å². The number of ether oxygens (including phenoxy) is 1. The third-order valence-corrected chi connectivity index (χ3v) is 6.62. The van der Waals surface area contributed by atoms with Gasteiger partial charge in [0.15, 0.2) is 0 Å². The van der Waals surface area contributed by atoms with Gasteiger partial charge in [0.05, 0.1) is 12.1 Å². The molecular weight excluding hydrogens is 394 g/mol. The second kappa shape index (κ2) is 7.16. The Balaban J connectivity index is 2.04. The lowest BCUT2D eigenvalue weighted by atomic mass is 9.75. The van der Waals surface area contributed by atoms with Gasteiger partial charge in [-0.05, 0) is 51.7 Å². The van der Waals surface area contributed by atoms with Crippen LogP contribution in [0.4, 0.5) is 4.79 Å². The van der Waals surface area contributed by atoms with Gasteiger partial charge in [0.1, 0.15) is 5.60 Å². The molecule has 1 N–H and O–H groups in total. The highest BCUT2D eigenvalue weighted by Gasteiger charge is 2.56. The smallest absolute Gasteiger partial charge is 0.411 e. The number of aliphatic hydroxyl groups is 1. The number of benzene rings is 1. The van der Waals surface area contributed by atoms with E-state index >= 15 is 0 Å². The molecule has 0 spiro atoms. The van der Waals surface area contributed by atoms with Crippen molar-refractivity contribution >= 4 is 22.0 Å². The first-order valence-electron chi connectivity index (χ1n) is 9.57. The lowest BCUT2D eigenvalue weighted by Gasteiger charge is -2.38. The molecule has 1 aliphatic carbocycles. The molecule has 0 aromatic heterocycles. The number of nitrogens with zero attached hydrogens (tertiary/aromatic N) is 1. The third-order valence-electron chi connectivity index (χ3n) is 5.90. The summed E-state index contributed by atoms with van der Waals surface area (Å²) in [5.41, 5.74) is 0.227. The minimum atomic E-state index is -0.544. The highest BCUT2D eigenvalue weighted by Crippen LogP contribution is 2.54. The third kappa shape index (κ3) is 3.65. The number of hydrogen-bond donors (Lipinski definition) is 1. The molecule has 144 valence electrons. The molecule has 4 atom stereocenters. The van der Waals surface area contributed by atoms with Crippen LogP contribution in [-0.4, -0.2) is 33.8 Å². The fourth-order valence-electron chi connectivity index (χ4n) is 4.59. The van der Waals surface area contributed by atoms with Crippen molar-refractivity contribution in [3.63, 3.8) is 0 Å². The topological polar surface area (TPSA) is 49.8 Å². The van der Waals surface area contributed by atoms with E-state index in [4.69, 9.17) is 4.74 Å². The summed E-state index contributed by atoms with van der Waals surface area (Å²) in [5.74, 6) is 0. The van der Waals surface area contributed by atoms with Gasteiger partial charge in [0, 0.05) is 15.9 Å². The van der Waals surface area contributed by atoms with Gasteiger partial charge in [-0.15, -0.1) is 0 Å². The first-order chi connectivity index (χ1) is 12.1. The Kier molecular flexibility index (Phi) is 5.42. The van der Waals surface area contributed by atoms with Crippen LogP contribution in [0.5, 0.6) is 0 Å². The molecule has 2 fully saturated rings. The van der Waals surface area contributed by atoms with Gasteiger partial charge in [-0.25, -0.2) is 4.79 Å². The minimum absolute atomic E-state index is 0.00745. The molecule has 1 saturated carbocycles. The zero-order valence-corrected chi connectivity index (χ0v) is 17.8. The minimum Gasteiger partial charge on any atom is -0.444 e. The van der Waals surface area contributed by atoms with Crippen LogP contribution in [0, 0.1) is 5.41 Å². The molecule has 1 amide bonds. The number of hydrogen-bond acceptors (Lipinski definition) is 3. The van der Waals surface area contributed by atoms with Crippen molar-refractivity contribution in [1.82, 2.24) is 4.90 Å². The molecule has 3 rings (SSSR count). The van der Waals surface area contributed by atoms with E-state index in [1.807, 2.05) is 43.9 Å². The van der Waals surface area contributed by atoms with Crippen LogP contribution in [0.2, 0.25) is 0 Å². The van der Waals surface area contributed by atoms with Gasteiger partial charge in [0.2, 0.25) is 0 Å². The molecule has 1 heterocycles. The molecule has 0 radical (unpaired) electrons. The quantitative estimate of drug-likeness (QED) is 0.653. The van der Waals surface area contributed by atoms with Crippen molar-refractivity contribution in [2.75, 3.05) is 0 Å². The Morgan fingerprint density at radius 3 is 2.58 bits per heavy atom. The number of likely N-dealkylation sites (tertiary alicyclic amines) is 1. The van der Waals surface area contributed by atoms with Gasteiger partial charge >= 0.3 is 6.09 Å². The van der Waals surface area contributed by atoms with E-state index in [-0.39, 0.29) is 23.6 Å². The van der Waals surface area contributed by atoms with E-state index in [1.165, 1.54) is 0 Å². The van der Waals surface area contributed by atoms with Crippen LogP contribution in [0.1, 0.15) is 71.4 Å². The second-order valence-corrected chi connectivity index (χ2v) is 9.81. The monoisotopic (exact) mass is 423 g/mol. The number of carbonyl (C=O) groups is 1. The van der Waals surface area contributed by atoms with E-state index in [1.54, 1.807) is 0 Å². The summed E-state index contributed by atoms with van der Waals surface area (Å²) >= 11 is 3.65. The van der Waals surface area contributed by atoms with Crippen LogP contribution in [-0.2, 0) is 4.74 Å². The highest BCUT2D eigenvalue weighted by molar-refractivity contribution is 9.10. The summed E-state index contributed by atoms with van der Waals surface area (Å²) in [6.45, 7) is 7.84. The molecule has 5 heteroatoms. The Bertz CT molecular complexity index is 671. The van der Waals surface area contributed by atoms with Crippen molar-refractivity contribution in [3.8, 4) is 0 Å². The molecular formula is C21H30BrNO3. The molecule has 1 aromatic rings. The maximum absolute atomic E-state index is 13.2. The SMILES string of the molecule is CC(C)(C)OC(=O)N1[C@H]2CCCC[C@@H](O)[C@@]2(C)C[C@H]1c1ccccc1Br. The maximum Gasteiger partial charge on any atom is 0.411 e. The summed E-state index contributed by atoms with van der Waals surface area (Å²) < 4.78 is 6.77. The summed E-state index contributed by atoms with van der Waals surface area (Å²) in [7, 11) is 0. The van der Waals surface area contributed by atoms with Gasteiger partial charge < -0.3 is 9.84 Å². The van der Waals surface area contributed by atoms with Gasteiger partial charge in [-0.3, -0.25) is 4.90 Å². The van der Waals surface area contributed by atoms with Crippen LogP contribution < -0.4 is 0 Å². The van der Waals surface area contributed by atoms with Crippen LogP contribution >= 0.6 is 15.9 Å². The molecule has 1 aromatic carbocycles. The zero-order chi connectivity index (χ0) is 19.1. The van der Waals surface area contributed by atoms with Gasteiger partial charge in [-0.2, -0.15) is 0 Å². The molecule has 2 aliphatic rings. The largest absolute Gasteiger partial charge is 0.444 e. The van der Waals surface area contributed by atoms with Crippen molar-refractivity contribution in [1.29, 1.82) is 0 Å². The number of aliphatic hydroxyl groups excluding tert-OH is 1. The summed E-state index contributed by atoms with van der Waals surface area (Å²) in [6, 6.07) is 7.95. The number of fused-ring (bicyclic) bond motifs is 1. The summed E-state index contributed by atoms with van der Waals surface area (Å²) in [5, 5.41) is 10.9. The Morgan fingerprint density at radius 2 is 1.92 bits per heavy atom. The van der Waals surface area contributed by atoms with E-state index in [0.717, 1.165) is 42.1 Å². The molecule has 0 unspecified atom stereocenters. The van der Waals surface area contributed by atoms with E-state index in [2.05, 4.69) is 28.9 Å². The molecule has 4 nitrogen and oxygen atoms in total. The highest BCUT2D eigenvalue weighted by atomic mass is 79.9. The zero-order valence-electron chi connectivity index (χ0n) is 16.2. The summed E-state index contributed by atoms with van der Waals surface area (Å²) in [6.07, 6.45) is 3.83. The van der Waals surface area contributed by atoms with E-state index in [0.29, 0.717) is 0 Å². The van der Waals surface area contributed by atoms with Crippen LogP contribution in [0.15, 0.2) is 28.7 Å². The van der Waals surface area contributed by atoms with E-state index < -0.39 is 11.7 Å². The van der Waals surface area contributed by atoms with Crippen molar-refractivity contribution < 1.29 is 14.6 Å². The molecule has 0 bridgehead atoms. The number of carbonyl (C=O) groups excluding carboxylic acids is 1. The Morgan fingerprint density at radius 1 is 1.27 bits per heavy atom. The fraction of sp³-hybridized carbons (Fsp3) is 0.667. The average Bonchev–Trinajstić information content (AvgIpc) is 2.76. The first-order valence-corrected chi connectivity index (χ1v) is 10.4. The predicted octanol–water partition coefficient (Wildman–Crippen LogP) is 5.44. The fourth-order valence-corrected chi connectivity index (χ4v) is 5.14. The van der Waals surface area contributed by atoms with Crippen molar-refractivity contribution in [2.45, 2.75) is 83.6 Å². The predicted molar refractivity (Wildman–Crippen MR) is 106 cm³/mol. The van der Waals surface area contributed by atoms with Crippen molar-refractivity contribution in [2.24, 2.45) is 5.41 Å². The molecule has 26 heavy (non-hydrogen) atoms. The normalized spacial score (nSPS) is 32.1. The van der Waals surface area contributed by atoms with E-state index in [9.17, 15) is 9.90 Å². The Labute approximate surface area is 165 Å². The maximum atomic E-state index is 13.2. The lowest BCUT2D eigenvalue weighted by Crippen LogP contribution is -2.47. The van der Waals surface area contributed by atoms with Crippen molar-refractivity contribution in [3.05, 3.63) is 34.3 Å². The lowest BCUT2D eigenvalue weighted by molar-refractivity contribution is -0.00914. The number of halogens is 1. The average molecular weight is 424 g/mol. The standard InChI is InChI=1S/C21H30BrNO3/c1-20(2,3)26-19(25)23-16(14-9-5-6-10-15(14)22)13-21(4)17(23)11-7-8-12-18(21)24/h5-6,9-10,16-18,24H,7-8,11-13H2,1-4H3/t16-,17-,18+,21-/m0/s1. The Hall–Kier alpha value is -1.07. The summed E-state index contributed by atoms with van der Waals surface area (Å²) in [4.78, 5) is 15.1. The molecule has 1 saturated heterocycles. The van der Waals surface area contributed by atoms with Crippen LogP contribution in [0.25, 0.3) is 0 Å². The van der Waals surface area contributed by atoms with Crippen LogP contribution in [0.3, 0.4) is 0 Å². The first kappa shape index (κ1) is 19.7. The number of rotatable bonds is 1. The number of amides is 1. The van der Waals surface area contributed by atoms with Gasteiger partial charge in [0.25, 0.3) is 0 Å².